The van der Waals surface area contributed by atoms with Crippen LogP contribution in [0.1, 0.15) is 11.3 Å². The first kappa shape index (κ1) is 19.3. The van der Waals surface area contributed by atoms with Gasteiger partial charge in [-0.1, -0.05) is 35.5 Å². The Balaban J connectivity index is 1.73. The van der Waals surface area contributed by atoms with Gasteiger partial charge in [0.15, 0.2) is 11.0 Å². The number of furan rings is 1. The number of hydrogen-bond donors (Lipinski definition) is 1. The highest BCUT2D eigenvalue weighted by atomic mass is 35.5. The van der Waals surface area contributed by atoms with Crippen molar-refractivity contribution in [2.24, 2.45) is 0 Å². The maximum atomic E-state index is 12.3. The van der Waals surface area contributed by atoms with Crippen molar-refractivity contribution in [3.8, 4) is 11.4 Å². The van der Waals surface area contributed by atoms with Gasteiger partial charge in [0.1, 0.15) is 5.76 Å². The molecule has 2 heterocycles. The van der Waals surface area contributed by atoms with Crippen LogP contribution < -0.4 is 5.32 Å². The summed E-state index contributed by atoms with van der Waals surface area (Å²) in [7, 11) is 0. The minimum absolute atomic E-state index is 0.139. The molecule has 1 amide bonds. The number of benzene rings is 1. The molecule has 1 aromatic carbocycles. The van der Waals surface area contributed by atoms with E-state index in [0.717, 1.165) is 16.9 Å². The number of aromatic nitrogens is 3. The van der Waals surface area contributed by atoms with Gasteiger partial charge in [0, 0.05) is 17.3 Å². The van der Waals surface area contributed by atoms with E-state index in [9.17, 15) is 4.79 Å². The molecular formula is C19H19ClN4O2S. The molecule has 140 valence electrons. The zero-order valence-corrected chi connectivity index (χ0v) is 16.6. The van der Waals surface area contributed by atoms with E-state index < -0.39 is 0 Å². The Hall–Kier alpha value is -2.51. The molecule has 0 saturated carbocycles. The van der Waals surface area contributed by atoms with Crippen LogP contribution in [0.3, 0.4) is 0 Å². The highest BCUT2D eigenvalue weighted by molar-refractivity contribution is 7.99. The lowest BCUT2D eigenvalue weighted by Gasteiger charge is -2.09. The Morgan fingerprint density at radius 3 is 2.89 bits per heavy atom. The third-order valence-electron chi connectivity index (χ3n) is 3.93. The molecule has 2 aromatic heterocycles. The van der Waals surface area contributed by atoms with Crippen molar-refractivity contribution in [1.29, 1.82) is 0 Å². The van der Waals surface area contributed by atoms with Crippen LogP contribution in [0.25, 0.3) is 11.4 Å². The van der Waals surface area contributed by atoms with Crippen molar-refractivity contribution in [3.05, 3.63) is 59.5 Å². The molecule has 0 saturated heterocycles. The van der Waals surface area contributed by atoms with E-state index in [4.69, 9.17) is 16.0 Å². The van der Waals surface area contributed by atoms with Gasteiger partial charge in [-0.2, -0.15) is 0 Å². The number of carbonyl (C=O) groups excluding carboxylic acids is 1. The second-order valence-electron chi connectivity index (χ2n) is 5.89. The second kappa shape index (κ2) is 8.45. The minimum atomic E-state index is -0.139. The molecular weight excluding hydrogens is 384 g/mol. The monoisotopic (exact) mass is 402 g/mol. The van der Waals surface area contributed by atoms with E-state index >= 15 is 0 Å². The number of thioether (sulfide) groups is 1. The third-order valence-corrected chi connectivity index (χ3v) is 5.14. The molecule has 0 radical (unpaired) electrons. The molecule has 0 aliphatic carbocycles. The normalized spacial score (nSPS) is 10.8. The Bertz CT molecular complexity index is 980. The van der Waals surface area contributed by atoms with Crippen molar-refractivity contribution in [3.63, 3.8) is 0 Å². The molecule has 0 unspecified atom stereocenters. The molecule has 1 N–H and O–H groups in total. The zero-order chi connectivity index (χ0) is 19.4. The van der Waals surface area contributed by atoms with Gasteiger partial charge in [0.25, 0.3) is 0 Å². The predicted octanol–water partition coefficient (Wildman–Crippen LogP) is 4.73. The Kier molecular flexibility index (Phi) is 6.03. The van der Waals surface area contributed by atoms with Crippen molar-refractivity contribution < 1.29 is 9.21 Å². The second-order valence-corrected chi connectivity index (χ2v) is 7.27. The lowest BCUT2D eigenvalue weighted by Crippen LogP contribution is -2.15. The smallest absolute Gasteiger partial charge is 0.234 e. The molecule has 6 nitrogen and oxygen atoms in total. The highest BCUT2D eigenvalue weighted by Gasteiger charge is 2.17. The number of hydrogen-bond acceptors (Lipinski definition) is 5. The Labute approximate surface area is 166 Å². The van der Waals surface area contributed by atoms with Gasteiger partial charge in [-0.25, -0.2) is 0 Å². The fourth-order valence-electron chi connectivity index (χ4n) is 2.55. The molecule has 3 rings (SSSR count). The molecule has 0 atom stereocenters. The van der Waals surface area contributed by atoms with E-state index in [1.807, 2.05) is 30.5 Å². The minimum Gasteiger partial charge on any atom is -0.469 e. The van der Waals surface area contributed by atoms with Crippen LogP contribution in [0.4, 0.5) is 5.69 Å². The van der Waals surface area contributed by atoms with Gasteiger partial charge in [-0.15, -0.1) is 16.8 Å². The van der Waals surface area contributed by atoms with Crippen molar-refractivity contribution in [1.82, 2.24) is 14.8 Å². The molecule has 0 aliphatic heterocycles. The van der Waals surface area contributed by atoms with Gasteiger partial charge in [-0.3, -0.25) is 9.36 Å². The summed E-state index contributed by atoms with van der Waals surface area (Å²) in [4.78, 5) is 12.3. The summed E-state index contributed by atoms with van der Waals surface area (Å²) < 4.78 is 7.27. The van der Waals surface area contributed by atoms with E-state index in [1.54, 1.807) is 24.5 Å². The van der Waals surface area contributed by atoms with Crippen molar-refractivity contribution in [2.45, 2.75) is 25.5 Å². The summed E-state index contributed by atoms with van der Waals surface area (Å²) in [6, 6.07) is 7.24. The third kappa shape index (κ3) is 4.43. The largest absolute Gasteiger partial charge is 0.469 e. The lowest BCUT2D eigenvalue weighted by atomic mass is 10.2. The van der Waals surface area contributed by atoms with Crippen LogP contribution in [0.15, 0.2) is 52.8 Å². The molecule has 0 aliphatic rings. The number of allylic oxidation sites excluding steroid dienone is 1. The van der Waals surface area contributed by atoms with Crippen LogP contribution in [-0.2, 0) is 11.3 Å². The quantitative estimate of drug-likeness (QED) is 0.457. The van der Waals surface area contributed by atoms with Crippen LogP contribution in [0.2, 0.25) is 5.02 Å². The average molecular weight is 403 g/mol. The molecule has 8 heteroatoms. The topological polar surface area (TPSA) is 73.0 Å². The van der Waals surface area contributed by atoms with E-state index in [2.05, 4.69) is 22.1 Å². The average Bonchev–Trinajstić information content (AvgIpc) is 3.22. The van der Waals surface area contributed by atoms with E-state index in [1.165, 1.54) is 11.8 Å². The molecule has 0 bridgehead atoms. The van der Waals surface area contributed by atoms with E-state index in [0.29, 0.717) is 28.2 Å². The number of anilines is 1. The number of nitrogens with one attached hydrogen (secondary N) is 1. The molecule has 27 heavy (non-hydrogen) atoms. The molecule has 0 spiro atoms. The lowest BCUT2D eigenvalue weighted by molar-refractivity contribution is -0.113. The number of aryl methyl sites for hydroxylation is 2. The van der Waals surface area contributed by atoms with Crippen LogP contribution >= 0.6 is 23.4 Å². The first-order valence-electron chi connectivity index (χ1n) is 8.27. The maximum Gasteiger partial charge on any atom is 0.234 e. The number of rotatable bonds is 7. The molecule has 0 fully saturated rings. The Morgan fingerprint density at radius 1 is 1.37 bits per heavy atom. The summed E-state index contributed by atoms with van der Waals surface area (Å²) in [5, 5.41) is 12.6. The van der Waals surface area contributed by atoms with Crippen LogP contribution in [-0.4, -0.2) is 26.4 Å². The molecule has 3 aromatic rings. The fraction of sp³-hybridized carbons (Fsp3) is 0.211. The van der Waals surface area contributed by atoms with Gasteiger partial charge >= 0.3 is 0 Å². The van der Waals surface area contributed by atoms with Gasteiger partial charge in [0.05, 0.1) is 17.6 Å². The van der Waals surface area contributed by atoms with E-state index in [-0.39, 0.29) is 11.7 Å². The summed E-state index contributed by atoms with van der Waals surface area (Å²) in [6.07, 6.45) is 3.38. The van der Waals surface area contributed by atoms with Gasteiger partial charge in [-0.05, 0) is 37.6 Å². The summed E-state index contributed by atoms with van der Waals surface area (Å²) in [5.74, 6) is 1.51. The van der Waals surface area contributed by atoms with Crippen molar-refractivity contribution >= 4 is 35.0 Å². The number of carbonyl (C=O) groups is 1. The number of amides is 1. The highest BCUT2D eigenvalue weighted by Crippen LogP contribution is 2.27. The Morgan fingerprint density at radius 2 is 2.19 bits per heavy atom. The fourth-order valence-corrected chi connectivity index (χ4v) is 3.47. The van der Waals surface area contributed by atoms with Crippen molar-refractivity contribution in [2.75, 3.05) is 11.1 Å². The number of halogens is 1. The summed E-state index contributed by atoms with van der Waals surface area (Å²) in [6.45, 7) is 8.11. The number of nitrogens with zero attached hydrogens (tertiary/aromatic N) is 3. The van der Waals surface area contributed by atoms with Crippen LogP contribution in [0, 0.1) is 13.8 Å². The summed E-state index contributed by atoms with van der Waals surface area (Å²) in [5.41, 5.74) is 2.52. The predicted molar refractivity (Wildman–Crippen MR) is 108 cm³/mol. The first-order chi connectivity index (χ1) is 13.0. The van der Waals surface area contributed by atoms with Gasteiger partial charge < -0.3 is 9.73 Å². The summed E-state index contributed by atoms with van der Waals surface area (Å²) >= 11 is 7.31. The SMILES string of the molecule is C=CCn1c(SCC(=O)Nc2cc(Cl)ccc2C)nnc1-c1ccoc1C. The maximum absolute atomic E-state index is 12.3. The zero-order valence-electron chi connectivity index (χ0n) is 15.0. The standard InChI is InChI=1S/C19H19ClN4O2S/c1-4-8-24-18(15-7-9-26-13(15)3)22-23-19(24)27-11-17(25)21-16-10-14(20)6-5-12(16)2/h4-7,9-10H,1,8,11H2,2-3H3,(H,21,25). The van der Waals surface area contributed by atoms with Gasteiger partial charge in [0.2, 0.25) is 5.91 Å². The first-order valence-corrected chi connectivity index (χ1v) is 9.63. The van der Waals surface area contributed by atoms with Crippen LogP contribution in [0.5, 0.6) is 0 Å².